The van der Waals surface area contributed by atoms with Crippen molar-refractivity contribution >= 4 is 39.9 Å². The molecule has 0 aliphatic carbocycles. The molecular formula is C24H28N6O2S. The third-order valence-corrected chi connectivity index (χ3v) is 6.25. The molecule has 4 rings (SSSR count). The number of hydrogen-bond acceptors (Lipinski definition) is 7. The van der Waals surface area contributed by atoms with Gasteiger partial charge in [-0.25, -0.2) is 15.0 Å². The van der Waals surface area contributed by atoms with Gasteiger partial charge in [-0.05, 0) is 44.0 Å². The standard InChI is InChI=1S/C24H28N6O2S/c1-14(2)10-21(31)30-9-8-19-20(13-30)33-24(28-19)29-22(32)17-6-5-7-18(12-17)27-23-25-15(3)11-16(4)26-23/h5-7,11-12,14H,8-10,13H2,1-4H3,(H,25,26,27)(H,28,29,32). The van der Waals surface area contributed by atoms with Gasteiger partial charge < -0.3 is 10.2 Å². The number of anilines is 3. The van der Waals surface area contributed by atoms with Crippen molar-refractivity contribution in [2.24, 2.45) is 5.92 Å². The summed E-state index contributed by atoms with van der Waals surface area (Å²) in [5, 5.41) is 6.62. The van der Waals surface area contributed by atoms with Crippen LogP contribution in [0.1, 0.15) is 52.6 Å². The number of carbonyl (C=O) groups excluding carboxylic acids is 2. The molecule has 8 nitrogen and oxygen atoms in total. The highest BCUT2D eigenvalue weighted by Gasteiger charge is 2.25. The molecule has 172 valence electrons. The summed E-state index contributed by atoms with van der Waals surface area (Å²) in [5.41, 5.74) is 3.94. The van der Waals surface area contributed by atoms with Crippen LogP contribution in [0, 0.1) is 19.8 Å². The van der Waals surface area contributed by atoms with Crippen LogP contribution < -0.4 is 10.6 Å². The number of thiazole rings is 1. The highest BCUT2D eigenvalue weighted by atomic mass is 32.1. The van der Waals surface area contributed by atoms with Gasteiger partial charge in [0.05, 0.1) is 12.2 Å². The van der Waals surface area contributed by atoms with E-state index in [1.165, 1.54) is 11.3 Å². The Kier molecular flexibility index (Phi) is 6.69. The van der Waals surface area contributed by atoms with Gasteiger partial charge in [0, 0.05) is 46.9 Å². The first-order chi connectivity index (χ1) is 15.8. The molecule has 1 aromatic carbocycles. The maximum Gasteiger partial charge on any atom is 0.257 e. The highest BCUT2D eigenvalue weighted by Crippen LogP contribution is 2.29. The molecular weight excluding hydrogens is 436 g/mol. The van der Waals surface area contributed by atoms with Gasteiger partial charge in [-0.15, -0.1) is 0 Å². The first-order valence-corrected chi connectivity index (χ1v) is 11.9. The minimum atomic E-state index is -0.237. The predicted molar refractivity (Wildman–Crippen MR) is 130 cm³/mol. The number of carbonyl (C=O) groups is 2. The van der Waals surface area contributed by atoms with Crippen LogP contribution in [0.25, 0.3) is 0 Å². The summed E-state index contributed by atoms with van der Waals surface area (Å²) < 4.78 is 0. The normalized spacial score (nSPS) is 13.1. The van der Waals surface area contributed by atoms with Crippen LogP contribution in [0.3, 0.4) is 0 Å². The molecule has 9 heteroatoms. The quantitative estimate of drug-likeness (QED) is 0.558. The van der Waals surface area contributed by atoms with Crippen LogP contribution >= 0.6 is 11.3 Å². The number of rotatable bonds is 6. The number of aryl methyl sites for hydroxylation is 2. The van der Waals surface area contributed by atoms with Crippen molar-refractivity contribution in [1.29, 1.82) is 0 Å². The fourth-order valence-electron chi connectivity index (χ4n) is 3.76. The maximum atomic E-state index is 12.9. The molecule has 0 atom stereocenters. The molecule has 2 aromatic heterocycles. The predicted octanol–water partition coefficient (Wildman–Crippen LogP) is 4.48. The monoisotopic (exact) mass is 464 g/mol. The van der Waals surface area contributed by atoms with Gasteiger partial charge in [0.15, 0.2) is 5.13 Å². The van der Waals surface area contributed by atoms with Gasteiger partial charge in [-0.3, -0.25) is 14.9 Å². The summed E-state index contributed by atoms with van der Waals surface area (Å²) in [6, 6.07) is 9.09. The molecule has 3 aromatic rings. The molecule has 0 saturated heterocycles. The van der Waals surface area contributed by atoms with Crippen LogP contribution in [0.5, 0.6) is 0 Å². The van der Waals surface area contributed by atoms with Crippen molar-refractivity contribution in [3.05, 3.63) is 57.9 Å². The average Bonchev–Trinajstić information content (AvgIpc) is 3.14. The molecule has 1 aliphatic heterocycles. The molecule has 0 unspecified atom stereocenters. The van der Waals surface area contributed by atoms with E-state index in [1.54, 1.807) is 12.1 Å². The number of amides is 2. The van der Waals surface area contributed by atoms with Crippen LogP contribution in [0.2, 0.25) is 0 Å². The van der Waals surface area contributed by atoms with Crippen molar-refractivity contribution in [2.75, 3.05) is 17.2 Å². The van der Waals surface area contributed by atoms with E-state index in [2.05, 4.69) is 25.6 Å². The molecule has 0 spiro atoms. The number of benzene rings is 1. The van der Waals surface area contributed by atoms with E-state index >= 15 is 0 Å². The Morgan fingerprint density at radius 2 is 1.88 bits per heavy atom. The smallest absolute Gasteiger partial charge is 0.257 e. The van der Waals surface area contributed by atoms with Gasteiger partial charge in [-0.2, -0.15) is 0 Å². The molecule has 0 bridgehead atoms. The fourth-order valence-corrected chi connectivity index (χ4v) is 4.78. The summed E-state index contributed by atoms with van der Waals surface area (Å²) in [5.74, 6) is 0.766. The lowest BCUT2D eigenvalue weighted by Gasteiger charge is -2.26. The number of fused-ring (bicyclic) bond motifs is 1. The highest BCUT2D eigenvalue weighted by molar-refractivity contribution is 7.15. The Balaban J connectivity index is 1.43. The lowest BCUT2D eigenvalue weighted by atomic mass is 10.1. The van der Waals surface area contributed by atoms with Crippen LogP contribution in [0.15, 0.2) is 30.3 Å². The van der Waals surface area contributed by atoms with Gasteiger partial charge in [0.2, 0.25) is 11.9 Å². The van der Waals surface area contributed by atoms with Gasteiger partial charge in [-0.1, -0.05) is 31.3 Å². The second-order valence-electron chi connectivity index (χ2n) is 8.69. The first kappa shape index (κ1) is 22.8. The Morgan fingerprint density at radius 3 is 2.61 bits per heavy atom. The maximum absolute atomic E-state index is 12.9. The molecule has 33 heavy (non-hydrogen) atoms. The van der Waals surface area contributed by atoms with E-state index in [0.717, 1.165) is 27.6 Å². The topological polar surface area (TPSA) is 100 Å². The van der Waals surface area contributed by atoms with Crippen LogP contribution in [0.4, 0.5) is 16.8 Å². The summed E-state index contributed by atoms with van der Waals surface area (Å²) in [6.07, 6.45) is 1.26. The molecule has 2 N–H and O–H groups in total. The molecule has 3 heterocycles. The molecule has 0 saturated carbocycles. The van der Waals surface area contributed by atoms with E-state index in [-0.39, 0.29) is 11.8 Å². The van der Waals surface area contributed by atoms with Gasteiger partial charge in [0.1, 0.15) is 0 Å². The zero-order valence-electron chi connectivity index (χ0n) is 19.3. The first-order valence-electron chi connectivity index (χ1n) is 11.0. The van der Waals surface area contributed by atoms with Crippen molar-refractivity contribution in [3.63, 3.8) is 0 Å². The zero-order valence-corrected chi connectivity index (χ0v) is 20.1. The van der Waals surface area contributed by atoms with E-state index in [9.17, 15) is 9.59 Å². The van der Waals surface area contributed by atoms with E-state index in [1.807, 2.05) is 50.8 Å². The van der Waals surface area contributed by atoms with Crippen molar-refractivity contribution < 1.29 is 9.59 Å². The summed E-state index contributed by atoms with van der Waals surface area (Å²) in [6.45, 7) is 9.15. The Labute approximate surface area is 197 Å². The minimum Gasteiger partial charge on any atom is -0.337 e. The van der Waals surface area contributed by atoms with Gasteiger partial charge >= 0.3 is 0 Å². The van der Waals surface area contributed by atoms with E-state index in [0.29, 0.717) is 48.5 Å². The van der Waals surface area contributed by atoms with Gasteiger partial charge in [0.25, 0.3) is 5.91 Å². The minimum absolute atomic E-state index is 0.173. The fraction of sp³-hybridized carbons (Fsp3) is 0.375. The lowest BCUT2D eigenvalue weighted by molar-refractivity contribution is -0.132. The van der Waals surface area contributed by atoms with E-state index in [4.69, 9.17) is 0 Å². The third kappa shape index (κ3) is 5.73. The summed E-state index contributed by atoms with van der Waals surface area (Å²) >= 11 is 1.44. The Bertz CT molecular complexity index is 1170. The number of nitrogens with one attached hydrogen (secondary N) is 2. The number of aromatic nitrogens is 3. The van der Waals surface area contributed by atoms with Crippen molar-refractivity contribution in [1.82, 2.24) is 19.9 Å². The Hall–Kier alpha value is -3.33. The molecule has 0 fully saturated rings. The average molecular weight is 465 g/mol. The second-order valence-corrected chi connectivity index (χ2v) is 9.77. The molecule has 2 amide bonds. The van der Waals surface area contributed by atoms with Crippen molar-refractivity contribution in [2.45, 2.75) is 47.1 Å². The summed E-state index contributed by atoms with van der Waals surface area (Å²) in [7, 11) is 0. The Morgan fingerprint density at radius 1 is 1.12 bits per heavy atom. The lowest BCUT2D eigenvalue weighted by Crippen LogP contribution is -2.36. The zero-order chi connectivity index (χ0) is 23.5. The SMILES string of the molecule is Cc1cc(C)nc(Nc2cccc(C(=O)Nc3nc4c(s3)CN(C(=O)CC(C)C)CC4)c2)n1. The van der Waals surface area contributed by atoms with Crippen LogP contribution in [-0.4, -0.2) is 38.2 Å². The number of nitrogens with zero attached hydrogens (tertiary/aromatic N) is 4. The molecule has 1 aliphatic rings. The van der Waals surface area contributed by atoms with E-state index < -0.39 is 0 Å². The molecule has 0 radical (unpaired) electrons. The second kappa shape index (κ2) is 9.66. The third-order valence-electron chi connectivity index (χ3n) is 5.25. The summed E-state index contributed by atoms with van der Waals surface area (Å²) in [4.78, 5) is 41.6. The van der Waals surface area contributed by atoms with Crippen molar-refractivity contribution in [3.8, 4) is 0 Å². The number of hydrogen-bond donors (Lipinski definition) is 2. The van der Waals surface area contributed by atoms with Crippen LogP contribution in [-0.2, 0) is 17.8 Å². The largest absolute Gasteiger partial charge is 0.337 e.